The van der Waals surface area contributed by atoms with Crippen molar-refractivity contribution in [3.05, 3.63) is 35.9 Å². The van der Waals surface area contributed by atoms with Crippen molar-refractivity contribution in [2.24, 2.45) is 0 Å². The molecule has 1 aromatic rings. The van der Waals surface area contributed by atoms with Crippen molar-refractivity contribution >= 4 is 23.0 Å². The van der Waals surface area contributed by atoms with Crippen LogP contribution < -0.4 is 29.6 Å². The number of hydrogen-bond donors (Lipinski definition) is 1. The first kappa shape index (κ1) is 25.4. The zero-order valence-electron chi connectivity index (χ0n) is 15.7. The average molecular weight is 395 g/mol. The zero-order chi connectivity index (χ0) is 15.2. The normalized spacial score (nSPS) is 9.74. The maximum atomic E-state index is 10.4. The first-order valence-electron chi connectivity index (χ1n) is 8.55. The van der Waals surface area contributed by atoms with E-state index in [0.29, 0.717) is 6.42 Å². The Balaban J connectivity index is -0.00000147. The van der Waals surface area contributed by atoms with Gasteiger partial charge in [-0.15, -0.1) is 0 Å². The van der Waals surface area contributed by atoms with Gasteiger partial charge in [0.05, 0.1) is 0 Å². The van der Waals surface area contributed by atoms with Crippen LogP contribution in [-0.4, -0.2) is 28.1 Å². The molecule has 0 aliphatic heterocycles. The van der Waals surface area contributed by atoms with E-state index in [1.54, 1.807) is 0 Å². The SMILES string of the molecule is O=C(O)CCCCCCCCCCCCc1ccccc1.[H-].[Na+].[SeH2]. The molecule has 1 N–H and O–H groups in total. The van der Waals surface area contributed by atoms with Crippen LogP contribution in [0.1, 0.15) is 77.6 Å². The van der Waals surface area contributed by atoms with Gasteiger partial charge >= 0.3 is 52.6 Å². The van der Waals surface area contributed by atoms with Crippen LogP contribution in [0.2, 0.25) is 0 Å². The number of hydrogen-bond acceptors (Lipinski definition) is 1. The molecule has 23 heavy (non-hydrogen) atoms. The fraction of sp³-hybridized carbons (Fsp3) is 0.632. The van der Waals surface area contributed by atoms with Gasteiger partial charge in [0.1, 0.15) is 0 Å². The van der Waals surface area contributed by atoms with E-state index in [1.807, 2.05) is 0 Å². The van der Waals surface area contributed by atoms with Crippen LogP contribution in [0.4, 0.5) is 0 Å². The molecule has 0 fully saturated rings. The topological polar surface area (TPSA) is 37.3 Å². The van der Waals surface area contributed by atoms with Gasteiger partial charge in [-0.1, -0.05) is 81.7 Å². The van der Waals surface area contributed by atoms with Crippen molar-refractivity contribution in [1.29, 1.82) is 0 Å². The molecule has 0 aliphatic carbocycles. The Hall–Kier alpha value is 0.209. The molecule has 0 aliphatic rings. The number of unbranched alkanes of at least 4 members (excludes halogenated alkanes) is 9. The first-order chi connectivity index (χ1) is 10.3. The molecule has 0 unspecified atom stereocenters. The summed E-state index contributed by atoms with van der Waals surface area (Å²) >= 11 is 0. The Bertz CT molecular complexity index is 377. The Morgan fingerprint density at radius 1 is 0.783 bits per heavy atom. The summed E-state index contributed by atoms with van der Waals surface area (Å²) in [7, 11) is 0. The minimum atomic E-state index is -0.662. The van der Waals surface area contributed by atoms with E-state index in [9.17, 15) is 4.79 Å². The van der Waals surface area contributed by atoms with E-state index in [0.717, 1.165) is 12.8 Å². The molecule has 0 radical (unpaired) electrons. The molecule has 0 saturated carbocycles. The Labute approximate surface area is 176 Å². The van der Waals surface area contributed by atoms with Crippen molar-refractivity contribution in [3.63, 3.8) is 0 Å². The summed E-state index contributed by atoms with van der Waals surface area (Å²) in [6.45, 7) is 0. The number of carboxylic acids is 1. The zero-order valence-corrected chi connectivity index (χ0v) is 18.8. The maximum absolute atomic E-state index is 10.4. The number of benzene rings is 1. The molecule has 2 nitrogen and oxygen atoms in total. The molecule has 0 amide bonds. The van der Waals surface area contributed by atoms with Crippen molar-refractivity contribution < 1.29 is 40.9 Å². The van der Waals surface area contributed by atoms with Crippen LogP contribution in [-0.2, 0) is 11.2 Å². The summed E-state index contributed by atoms with van der Waals surface area (Å²) in [6.07, 6.45) is 13.9. The van der Waals surface area contributed by atoms with Gasteiger partial charge in [0, 0.05) is 6.42 Å². The van der Waals surface area contributed by atoms with Crippen LogP contribution in [0.3, 0.4) is 0 Å². The second-order valence-electron chi connectivity index (χ2n) is 5.91. The molecule has 0 atom stereocenters. The summed E-state index contributed by atoms with van der Waals surface area (Å²) in [5.74, 6) is -0.662. The van der Waals surface area contributed by atoms with E-state index in [1.165, 1.54) is 63.4 Å². The van der Waals surface area contributed by atoms with Crippen LogP contribution in [0, 0.1) is 0 Å². The predicted molar refractivity (Wildman–Crippen MR) is 98.2 cm³/mol. The van der Waals surface area contributed by atoms with E-state index < -0.39 is 5.97 Å². The van der Waals surface area contributed by atoms with Gasteiger partial charge in [0.2, 0.25) is 0 Å². The van der Waals surface area contributed by atoms with Crippen molar-refractivity contribution in [3.8, 4) is 0 Å². The quantitative estimate of drug-likeness (QED) is 0.409. The molecule has 1 aromatic carbocycles. The molecular weight excluding hydrogens is 362 g/mol. The molecular formula is C19H33NaO2Se. The van der Waals surface area contributed by atoms with Crippen LogP contribution in [0.25, 0.3) is 0 Å². The van der Waals surface area contributed by atoms with E-state index in [2.05, 4.69) is 30.3 Å². The van der Waals surface area contributed by atoms with Gasteiger partial charge in [-0.3, -0.25) is 4.79 Å². The van der Waals surface area contributed by atoms with Crippen molar-refractivity contribution in [2.45, 2.75) is 77.0 Å². The average Bonchev–Trinajstić information content (AvgIpc) is 2.49. The number of aliphatic carboxylic acids is 1. The molecule has 0 bridgehead atoms. The summed E-state index contributed by atoms with van der Waals surface area (Å²) in [5.41, 5.74) is 1.46. The Kier molecular flexibility index (Phi) is 20.5. The second-order valence-corrected chi connectivity index (χ2v) is 5.91. The van der Waals surface area contributed by atoms with E-state index in [-0.39, 0.29) is 48.1 Å². The number of aryl methyl sites for hydroxylation is 1. The number of carboxylic acid groups (broad SMARTS) is 1. The Morgan fingerprint density at radius 2 is 1.22 bits per heavy atom. The molecule has 128 valence electrons. The van der Waals surface area contributed by atoms with Gasteiger partial charge < -0.3 is 6.53 Å². The van der Waals surface area contributed by atoms with Gasteiger partial charge in [-0.05, 0) is 24.8 Å². The van der Waals surface area contributed by atoms with Gasteiger partial charge in [-0.2, -0.15) is 0 Å². The fourth-order valence-electron chi connectivity index (χ4n) is 2.66. The third kappa shape index (κ3) is 16.8. The summed E-state index contributed by atoms with van der Waals surface area (Å²) < 4.78 is 0. The number of rotatable bonds is 13. The van der Waals surface area contributed by atoms with Crippen molar-refractivity contribution in [1.82, 2.24) is 0 Å². The second kappa shape index (κ2) is 18.5. The third-order valence-corrected chi connectivity index (χ3v) is 3.95. The van der Waals surface area contributed by atoms with Gasteiger partial charge in [0.25, 0.3) is 0 Å². The van der Waals surface area contributed by atoms with Gasteiger partial charge in [0.15, 0.2) is 0 Å². The van der Waals surface area contributed by atoms with Crippen LogP contribution >= 0.6 is 0 Å². The molecule has 0 spiro atoms. The molecule has 0 saturated heterocycles. The molecule has 0 aromatic heterocycles. The molecule has 0 heterocycles. The fourth-order valence-corrected chi connectivity index (χ4v) is 2.66. The summed E-state index contributed by atoms with van der Waals surface area (Å²) in [4.78, 5) is 10.4. The first-order valence-corrected chi connectivity index (χ1v) is 8.55. The monoisotopic (exact) mass is 396 g/mol. The van der Waals surface area contributed by atoms with Crippen LogP contribution in [0.5, 0.6) is 0 Å². The predicted octanol–water partition coefficient (Wildman–Crippen LogP) is 1.81. The third-order valence-electron chi connectivity index (χ3n) is 3.95. The van der Waals surface area contributed by atoms with Crippen molar-refractivity contribution in [2.75, 3.05) is 0 Å². The molecule has 4 heteroatoms. The van der Waals surface area contributed by atoms with Crippen LogP contribution in [0.15, 0.2) is 30.3 Å². The Morgan fingerprint density at radius 3 is 1.70 bits per heavy atom. The minimum absolute atomic E-state index is 0. The summed E-state index contributed by atoms with van der Waals surface area (Å²) in [6, 6.07) is 10.7. The standard InChI is InChI=1S/C19H30O2.Na.H2Se.H/c20-19(21)17-13-8-6-4-2-1-3-5-7-10-14-18-15-11-9-12-16-18;;;/h9,11-12,15-16H,1-8,10,13-14,17H2,(H,20,21);;1H2;/q;+1;;-1. The number of carbonyl (C=O) groups is 1. The molecule has 1 rings (SSSR count). The van der Waals surface area contributed by atoms with E-state index in [4.69, 9.17) is 5.11 Å². The van der Waals surface area contributed by atoms with Gasteiger partial charge in [-0.25, -0.2) is 0 Å². The van der Waals surface area contributed by atoms with E-state index >= 15 is 0 Å². The summed E-state index contributed by atoms with van der Waals surface area (Å²) in [5, 5.41) is 8.53.